The molecule has 0 aromatic heterocycles. The second kappa shape index (κ2) is 9.61. The van der Waals surface area contributed by atoms with Crippen molar-refractivity contribution >= 4 is 27.6 Å². The van der Waals surface area contributed by atoms with E-state index in [-0.39, 0.29) is 17.7 Å². The molecule has 1 heterocycles. The number of nitrogens with zero attached hydrogens (tertiary/aromatic N) is 1. The summed E-state index contributed by atoms with van der Waals surface area (Å²) in [5, 5.41) is 9.15. The van der Waals surface area contributed by atoms with Crippen molar-refractivity contribution in [1.82, 2.24) is 0 Å². The van der Waals surface area contributed by atoms with Crippen LogP contribution in [-0.2, 0) is 30.9 Å². The summed E-state index contributed by atoms with van der Waals surface area (Å²) >= 11 is 0. The van der Waals surface area contributed by atoms with Crippen molar-refractivity contribution in [2.45, 2.75) is 44.3 Å². The van der Waals surface area contributed by atoms with Gasteiger partial charge in [0.25, 0.3) is 0 Å². The number of benzene rings is 2. The average Bonchev–Trinajstić information content (AvgIpc) is 2.76. The number of fused-ring (bicyclic) bond motifs is 1. The van der Waals surface area contributed by atoms with E-state index in [0.29, 0.717) is 12.1 Å². The molecule has 1 aliphatic rings. The number of aliphatic carboxylic acids is 1. The Morgan fingerprint density at radius 2 is 1.71 bits per heavy atom. The van der Waals surface area contributed by atoms with Gasteiger partial charge in [-0.05, 0) is 31.0 Å². The Labute approximate surface area is 192 Å². The number of anilines is 1. The number of amides is 1. The number of hydrogen-bond donors (Lipinski definition) is 1. The van der Waals surface area contributed by atoms with Crippen LogP contribution < -0.4 is 4.90 Å². The number of hydrogen-bond acceptors (Lipinski definition) is 5. The molecule has 1 unspecified atom stereocenters. The number of carbonyl (C=O) groups is 2. The molecule has 1 aliphatic heterocycles. The minimum Gasteiger partial charge on any atom is -0.481 e. The monoisotopic (exact) mass is 503 g/mol. The summed E-state index contributed by atoms with van der Waals surface area (Å²) in [6, 6.07) is 4.12. The number of ether oxygens (including phenoxy) is 1. The van der Waals surface area contributed by atoms with Crippen LogP contribution in [0.25, 0.3) is 0 Å². The molecule has 0 radical (unpaired) electrons. The zero-order valence-electron chi connectivity index (χ0n) is 18.2. The molecule has 0 spiro atoms. The van der Waals surface area contributed by atoms with Crippen molar-refractivity contribution in [3.63, 3.8) is 0 Å². The van der Waals surface area contributed by atoms with Gasteiger partial charge in [0.1, 0.15) is 6.10 Å². The number of cyclic esters (lactones) is 1. The fraction of sp³-hybridized carbons (Fsp3) is 0.364. The van der Waals surface area contributed by atoms with E-state index in [2.05, 4.69) is 0 Å². The third-order valence-corrected chi connectivity index (χ3v) is 6.83. The molecule has 34 heavy (non-hydrogen) atoms. The Bertz CT molecular complexity index is 1240. The Hall–Kier alpha value is -3.15. The van der Waals surface area contributed by atoms with Crippen LogP contribution in [0.4, 0.5) is 28.0 Å². The predicted molar refractivity (Wildman–Crippen MR) is 113 cm³/mol. The molecule has 0 aliphatic carbocycles. The highest BCUT2D eigenvalue weighted by molar-refractivity contribution is 7.89. The maximum absolute atomic E-state index is 14.2. The first kappa shape index (κ1) is 25.5. The molecular formula is C22H21F4NO6S. The fourth-order valence-electron chi connectivity index (χ4n) is 3.73. The van der Waals surface area contributed by atoms with E-state index < -0.39 is 80.3 Å². The van der Waals surface area contributed by atoms with Gasteiger partial charge in [-0.1, -0.05) is 13.0 Å². The van der Waals surface area contributed by atoms with E-state index in [1.807, 2.05) is 6.92 Å². The van der Waals surface area contributed by atoms with Gasteiger partial charge >= 0.3 is 12.1 Å². The number of carboxylic acid groups (broad SMARTS) is 1. The average molecular weight is 503 g/mol. The van der Waals surface area contributed by atoms with E-state index in [1.165, 1.54) is 23.1 Å². The van der Waals surface area contributed by atoms with Crippen LogP contribution in [0.5, 0.6) is 0 Å². The van der Waals surface area contributed by atoms with E-state index in [1.54, 1.807) is 0 Å². The van der Waals surface area contributed by atoms with Crippen LogP contribution >= 0.6 is 0 Å². The Balaban J connectivity index is 1.96. The quantitative estimate of drug-likeness (QED) is 0.419. The number of rotatable bonds is 8. The van der Waals surface area contributed by atoms with Crippen LogP contribution in [0.1, 0.15) is 48.1 Å². The second-order valence-electron chi connectivity index (χ2n) is 7.91. The highest BCUT2D eigenvalue weighted by Gasteiger charge is 2.34. The number of sulfone groups is 1. The summed E-state index contributed by atoms with van der Waals surface area (Å²) < 4.78 is 86.5. The zero-order valence-corrected chi connectivity index (χ0v) is 19.0. The van der Waals surface area contributed by atoms with Gasteiger partial charge in [-0.15, -0.1) is 0 Å². The summed E-state index contributed by atoms with van der Waals surface area (Å²) in [4.78, 5) is 24.8. The van der Waals surface area contributed by atoms with E-state index >= 15 is 0 Å². The molecule has 2 aromatic rings. The predicted octanol–water partition coefficient (Wildman–Crippen LogP) is 4.55. The Morgan fingerprint density at radius 1 is 1.09 bits per heavy atom. The van der Waals surface area contributed by atoms with Gasteiger partial charge in [-0.2, -0.15) is 0 Å². The third kappa shape index (κ3) is 5.01. The van der Waals surface area contributed by atoms with E-state index in [9.17, 15) is 35.6 Å². The lowest BCUT2D eigenvalue weighted by atomic mass is 9.99. The highest BCUT2D eigenvalue weighted by Crippen LogP contribution is 2.38. The molecule has 0 saturated heterocycles. The highest BCUT2D eigenvalue weighted by atomic mass is 32.2. The first-order chi connectivity index (χ1) is 15.9. The van der Waals surface area contributed by atoms with Gasteiger partial charge in [0, 0.05) is 23.2 Å². The summed E-state index contributed by atoms with van der Waals surface area (Å²) in [6.07, 6.45) is -1.91. The molecule has 1 N–H and O–H groups in total. The zero-order chi connectivity index (χ0) is 25.4. The van der Waals surface area contributed by atoms with Gasteiger partial charge in [0.2, 0.25) is 0 Å². The molecule has 184 valence electrons. The van der Waals surface area contributed by atoms with Crippen LogP contribution in [0, 0.1) is 30.2 Å². The first-order valence-electron chi connectivity index (χ1n) is 10.2. The number of carbonyl (C=O) groups excluding carboxylic acids is 1. The van der Waals surface area contributed by atoms with Crippen molar-refractivity contribution in [2.24, 2.45) is 0 Å². The molecular weight excluding hydrogens is 482 g/mol. The topological polar surface area (TPSA) is 101 Å². The van der Waals surface area contributed by atoms with Gasteiger partial charge in [-0.3, -0.25) is 9.69 Å². The van der Waals surface area contributed by atoms with Crippen LogP contribution in [0.15, 0.2) is 18.2 Å². The van der Waals surface area contributed by atoms with Crippen LogP contribution in [0.2, 0.25) is 0 Å². The number of carboxylic acids is 1. The van der Waals surface area contributed by atoms with Crippen LogP contribution in [-0.4, -0.2) is 32.1 Å². The summed E-state index contributed by atoms with van der Waals surface area (Å²) in [7, 11) is -4.33. The third-order valence-electron chi connectivity index (χ3n) is 5.32. The summed E-state index contributed by atoms with van der Waals surface area (Å²) in [5.74, 6) is -10.2. The molecule has 12 heteroatoms. The van der Waals surface area contributed by atoms with Crippen molar-refractivity contribution in [2.75, 3.05) is 11.4 Å². The standard InChI is InChI=1S/C22H21F4NO6S/c1-3-6-27-15-5-4-12(7-13(15)16(8-17(28)29)33-22(27)30)9-34(31,32)10-14-20(25)18(23)11(2)19(24)21(14)26/h4-5,7,16H,3,6,8-10H2,1-2H3,(H,28,29). The normalized spacial score (nSPS) is 15.8. The van der Waals surface area contributed by atoms with E-state index in [4.69, 9.17) is 9.84 Å². The van der Waals surface area contributed by atoms with Gasteiger partial charge in [0.15, 0.2) is 33.1 Å². The minimum absolute atomic E-state index is 0.109. The van der Waals surface area contributed by atoms with Gasteiger partial charge in [-0.25, -0.2) is 30.8 Å². The van der Waals surface area contributed by atoms with Gasteiger partial charge < -0.3 is 9.84 Å². The maximum Gasteiger partial charge on any atom is 0.414 e. The largest absolute Gasteiger partial charge is 0.481 e. The van der Waals surface area contributed by atoms with Crippen molar-refractivity contribution < 1.29 is 45.4 Å². The molecule has 3 rings (SSSR count). The number of halogens is 4. The van der Waals surface area contributed by atoms with Crippen molar-refractivity contribution in [1.29, 1.82) is 0 Å². The lowest BCUT2D eigenvalue weighted by molar-refractivity contribution is -0.139. The Kier molecular flexibility index (Phi) is 7.20. The molecule has 0 saturated carbocycles. The lowest BCUT2D eigenvalue weighted by Gasteiger charge is -2.33. The smallest absolute Gasteiger partial charge is 0.414 e. The summed E-state index contributed by atoms with van der Waals surface area (Å²) in [5.41, 5.74) is -1.43. The molecule has 7 nitrogen and oxygen atoms in total. The molecule has 2 aromatic carbocycles. The fourth-order valence-corrected chi connectivity index (χ4v) is 5.21. The maximum atomic E-state index is 14.2. The lowest BCUT2D eigenvalue weighted by Crippen LogP contribution is -2.38. The van der Waals surface area contributed by atoms with E-state index in [0.717, 1.165) is 6.92 Å². The first-order valence-corrected chi connectivity index (χ1v) is 12.0. The second-order valence-corrected chi connectivity index (χ2v) is 9.97. The minimum atomic E-state index is -4.33. The molecule has 0 bridgehead atoms. The Morgan fingerprint density at radius 3 is 2.26 bits per heavy atom. The van der Waals surface area contributed by atoms with Crippen molar-refractivity contribution in [3.8, 4) is 0 Å². The molecule has 0 fully saturated rings. The molecule has 1 amide bonds. The van der Waals surface area contributed by atoms with Crippen LogP contribution in [0.3, 0.4) is 0 Å². The van der Waals surface area contributed by atoms with Crippen molar-refractivity contribution in [3.05, 3.63) is 63.7 Å². The van der Waals surface area contributed by atoms with Gasteiger partial charge in [0.05, 0.1) is 23.6 Å². The molecule has 1 atom stereocenters. The summed E-state index contributed by atoms with van der Waals surface area (Å²) in [6.45, 7) is 2.91. The SMILES string of the molecule is CCCN1C(=O)OC(CC(=O)O)c2cc(CS(=O)(=O)Cc3c(F)c(F)c(C)c(F)c3F)ccc21.